The molecule has 0 unspecified atom stereocenters. The molecule has 2 aliphatic carbocycles. The molecule has 0 N–H and O–H groups in total. The van der Waals surface area contributed by atoms with E-state index in [1.165, 1.54) is 77.9 Å². The summed E-state index contributed by atoms with van der Waals surface area (Å²) in [5.74, 6) is 0. The molecule has 0 amide bonds. The lowest BCUT2D eigenvalue weighted by Gasteiger charge is -2.30. The van der Waals surface area contributed by atoms with Gasteiger partial charge in [0.25, 0.3) is 0 Å². The van der Waals surface area contributed by atoms with Crippen molar-refractivity contribution in [3.63, 3.8) is 0 Å². The second kappa shape index (κ2) is 10.4. The summed E-state index contributed by atoms with van der Waals surface area (Å²) in [5, 5.41) is 3.01. The van der Waals surface area contributed by atoms with Gasteiger partial charge in [-0.2, -0.15) is 0 Å². The molecule has 0 aromatic heterocycles. The van der Waals surface area contributed by atoms with E-state index in [4.69, 9.17) is 11.6 Å². The number of benzene rings is 8. The minimum atomic E-state index is -0.361. The van der Waals surface area contributed by atoms with Gasteiger partial charge in [-0.1, -0.05) is 175 Å². The van der Waals surface area contributed by atoms with Gasteiger partial charge in [0.2, 0.25) is 0 Å². The predicted octanol–water partition coefficient (Wildman–Crippen LogP) is 12.8. The standard InChI is InChI=1S/C47H29Cl/c48-45-28-27-33(34-16-3-4-20-38(34)45)31-14-11-13-30(29-31)32-15-1-2-17-35(32)39-22-12-26-44-46(39)40-21-7-10-25-43(40)47(44)41-23-8-5-18-36(41)37-19-6-9-24-42(37)47/h1-29H. The Balaban J connectivity index is 1.21. The normalized spacial score (nSPS) is 13.3. The molecular weight excluding hydrogens is 600 g/mol. The highest BCUT2D eigenvalue weighted by molar-refractivity contribution is 6.36. The largest absolute Gasteiger partial charge is 0.0837 e. The zero-order chi connectivity index (χ0) is 31.8. The highest BCUT2D eigenvalue weighted by Gasteiger charge is 2.51. The van der Waals surface area contributed by atoms with Crippen LogP contribution in [0.4, 0.5) is 0 Å². The molecule has 1 spiro atoms. The van der Waals surface area contributed by atoms with Crippen LogP contribution in [-0.2, 0) is 5.41 Å². The summed E-state index contributed by atoms with van der Waals surface area (Å²) in [5.41, 5.74) is 17.6. The average molecular weight is 629 g/mol. The lowest BCUT2D eigenvalue weighted by molar-refractivity contribution is 0.794. The molecule has 224 valence electrons. The van der Waals surface area contributed by atoms with E-state index in [0.29, 0.717) is 0 Å². The van der Waals surface area contributed by atoms with E-state index in [2.05, 4.69) is 164 Å². The fourth-order valence-electron chi connectivity index (χ4n) is 8.71. The van der Waals surface area contributed by atoms with E-state index in [-0.39, 0.29) is 5.41 Å². The van der Waals surface area contributed by atoms with Crippen molar-refractivity contribution in [2.75, 3.05) is 0 Å². The fraction of sp³-hybridized carbons (Fsp3) is 0.0213. The molecule has 0 fully saturated rings. The Morgan fingerprint density at radius 3 is 1.50 bits per heavy atom. The van der Waals surface area contributed by atoms with Crippen LogP contribution in [0.3, 0.4) is 0 Å². The van der Waals surface area contributed by atoms with Gasteiger partial charge in [-0.15, -0.1) is 0 Å². The second-order valence-corrected chi connectivity index (χ2v) is 13.3. The van der Waals surface area contributed by atoms with Gasteiger partial charge in [-0.3, -0.25) is 0 Å². The summed E-state index contributed by atoms with van der Waals surface area (Å²) in [6.07, 6.45) is 0. The zero-order valence-electron chi connectivity index (χ0n) is 26.1. The quantitative estimate of drug-likeness (QED) is 0.183. The molecule has 0 bridgehead atoms. The Labute approximate surface area is 285 Å². The fourth-order valence-corrected chi connectivity index (χ4v) is 8.93. The molecule has 0 saturated heterocycles. The van der Waals surface area contributed by atoms with Gasteiger partial charge >= 0.3 is 0 Å². The molecule has 10 rings (SSSR count). The summed E-state index contributed by atoms with van der Waals surface area (Å²) in [6.45, 7) is 0. The second-order valence-electron chi connectivity index (χ2n) is 12.9. The first-order valence-electron chi connectivity index (χ1n) is 16.6. The third kappa shape index (κ3) is 3.67. The van der Waals surface area contributed by atoms with Gasteiger partial charge in [0.1, 0.15) is 0 Å². The van der Waals surface area contributed by atoms with Crippen LogP contribution in [0.15, 0.2) is 176 Å². The maximum atomic E-state index is 6.62. The Hall–Kier alpha value is -5.69. The third-order valence-electron chi connectivity index (χ3n) is 10.6. The summed E-state index contributed by atoms with van der Waals surface area (Å²) >= 11 is 6.62. The van der Waals surface area contributed by atoms with Crippen molar-refractivity contribution in [2.24, 2.45) is 0 Å². The number of hydrogen-bond donors (Lipinski definition) is 0. The first kappa shape index (κ1) is 27.4. The van der Waals surface area contributed by atoms with E-state index < -0.39 is 0 Å². The van der Waals surface area contributed by atoms with Gasteiger partial charge < -0.3 is 0 Å². The smallest absolute Gasteiger partial charge is 0.0725 e. The van der Waals surface area contributed by atoms with Crippen LogP contribution < -0.4 is 0 Å². The van der Waals surface area contributed by atoms with Crippen LogP contribution in [0.2, 0.25) is 5.02 Å². The van der Waals surface area contributed by atoms with Crippen LogP contribution in [-0.4, -0.2) is 0 Å². The average Bonchev–Trinajstić information content (AvgIpc) is 3.63. The van der Waals surface area contributed by atoms with Crippen molar-refractivity contribution in [1.82, 2.24) is 0 Å². The molecule has 8 aromatic rings. The molecule has 0 nitrogen and oxygen atoms in total. The van der Waals surface area contributed by atoms with Gasteiger partial charge in [0, 0.05) is 10.4 Å². The highest BCUT2D eigenvalue weighted by atomic mass is 35.5. The first-order valence-corrected chi connectivity index (χ1v) is 16.9. The summed E-state index contributed by atoms with van der Waals surface area (Å²) in [7, 11) is 0. The Kier molecular flexibility index (Phi) is 5.95. The topological polar surface area (TPSA) is 0 Å². The zero-order valence-corrected chi connectivity index (χ0v) is 26.9. The van der Waals surface area contributed by atoms with E-state index in [1.807, 2.05) is 12.1 Å². The van der Waals surface area contributed by atoms with Crippen LogP contribution in [0.5, 0.6) is 0 Å². The van der Waals surface area contributed by atoms with Gasteiger partial charge in [-0.25, -0.2) is 0 Å². The van der Waals surface area contributed by atoms with Crippen LogP contribution in [0.25, 0.3) is 66.4 Å². The number of halogens is 1. The lowest BCUT2D eigenvalue weighted by atomic mass is 9.70. The van der Waals surface area contributed by atoms with Crippen LogP contribution >= 0.6 is 11.6 Å². The minimum absolute atomic E-state index is 0.361. The summed E-state index contributed by atoms with van der Waals surface area (Å²) < 4.78 is 0. The van der Waals surface area contributed by atoms with E-state index in [9.17, 15) is 0 Å². The van der Waals surface area contributed by atoms with Crippen molar-refractivity contribution in [2.45, 2.75) is 5.41 Å². The van der Waals surface area contributed by atoms with Crippen LogP contribution in [0, 0.1) is 0 Å². The number of hydrogen-bond acceptors (Lipinski definition) is 0. The molecule has 0 radical (unpaired) electrons. The van der Waals surface area contributed by atoms with Crippen LogP contribution in [0.1, 0.15) is 22.3 Å². The molecule has 0 heterocycles. The third-order valence-corrected chi connectivity index (χ3v) is 10.9. The maximum absolute atomic E-state index is 6.62. The van der Waals surface area contributed by atoms with E-state index in [1.54, 1.807) is 0 Å². The Morgan fingerprint density at radius 2 is 0.792 bits per heavy atom. The molecule has 48 heavy (non-hydrogen) atoms. The number of fused-ring (bicyclic) bond motifs is 11. The molecule has 0 saturated carbocycles. The summed E-state index contributed by atoms with van der Waals surface area (Å²) in [4.78, 5) is 0. The van der Waals surface area contributed by atoms with E-state index in [0.717, 1.165) is 15.8 Å². The van der Waals surface area contributed by atoms with Crippen molar-refractivity contribution < 1.29 is 0 Å². The summed E-state index contributed by atoms with van der Waals surface area (Å²) in [6, 6.07) is 64.4. The van der Waals surface area contributed by atoms with Crippen molar-refractivity contribution in [1.29, 1.82) is 0 Å². The van der Waals surface area contributed by atoms with Gasteiger partial charge in [-0.05, 0) is 95.4 Å². The Bertz CT molecular complexity index is 2540. The molecule has 0 atom stereocenters. The molecule has 0 aliphatic heterocycles. The van der Waals surface area contributed by atoms with Crippen molar-refractivity contribution in [3.8, 4) is 55.6 Å². The first-order chi connectivity index (χ1) is 23.7. The lowest BCUT2D eigenvalue weighted by Crippen LogP contribution is -2.25. The Morgan fingerprint density at radius 1 is 0.312 bits per heavy atom. The SMILES string of the molecule is Clc1ccc(-c2cccc(-c3ccccc3-c3cccc4c3-c3ccccc3C43c4ccccc4-c4ccccc43)c2)c2ccccc12. The van der Waals surface area contributed by atoms with Gasteiger partial charge in [0.15, 0.2) is 0 Å². The molecular formula is C47H29Cl. The van der Waals surface area contributed by atoms with E-state index >= 15 is 0 Å². The molecule has 8 aromatic carbocycles. The number of rotatable bonds is 3. The van der Waals surface area contributed by atoms with Crippen molar-refractivity contribution in [3.05, 3.63) is 203 Å². The molecule has 2 aliphatic rings. The van der Waals surface area contributed by atoms with Crippen molar-refractivity contribution >= 4 is 22.4 Å². The predicted molar refractivity (Wildman–Crippen MR) is 202 cm³/mol. The minimum Gasteiger partial charge on any atom is -0.0837 e. The highest BCUT2D eigenvalue weighted by Crippen LogP contribution is 2.64. The van der Waals surface area contributed by atoms with Gasteiger partial charge in [0.05, 0.1) is 5.41 Å². The maximum Gasteiger partial charge on any atom is 0.0725 e. The molecule has 1 heteroatoms. The monoisotopic (exact) mass is 628 g/mol.